The van der Waals surface area contributed by atoms with Gasteiger partial charge in [0, 0.05) is 24.3 Å². The number of rotatable bonds is 16. The summed E-state index contributed by atoms with van der Waals surface area (Å²) >= 11 is 0. The molecule has 0 bridgehead atoms. The van der Waals surface area contributed by atoms with E-state index < -0.39 is 25.1 Å². The Morgan fingerprint density at radius 2 is 0.644 bits per heavy atom. The van der Waals surface area contributed by atoms with Gasteiger partial charge in [0.25, 0.3) is 22.7 Å². The lowest BCUT2D eigenvalue weighted by molar-refractivity contribution is -0.385. The molecule has 0 radical (unpaired) electrons. The second-order valence-corrected chi connectivity index (χ2v) is 9.67. The third-order valence-corrected chi connectivity index (χ3v) is 6.29. The zero-order valence-electron chi connectivity index (χ0n) is 23.3. The Morgan fingerprint density at radius 3 is 0.844 bits per heavy atom. The summed E-state index contributed by atoms with van der Waals surface area (Å²) in [5.74, 6) is 0.480. The van der Waals surface area contributed by atoms with Gasteiger partial charge in [0.05, 0.1) is 44.0 Å². The monoisotopic (exact) mass is 620 g/mol. The maximum Gasteiger partial charge on any atom is 0.273 e. The molecule has 0 atom stereocenters. The Labute approximate surface area is 253 Å². The van der Waals surface area contributed by atoms with Crippen LogP contribution in [0.4, 0.5) is 22.7 Å². The molecule has 0 aliphatic heterocycles. The fourth-order valence-corrected chi connectivity index (χ4v) is 3.94. The number of benzene rings is 4. The van der Waals surface area contributed by atoms with Gasteiger partial charge in [-0.15, -0.1) is 0 Å². The van der Waals surface area contributed by atoms with Gasteiger partial charge in [-0.3, -0.25) is 40.5 Å². The highest BCUT2D eigenvalue weighted by Crippen LogP contribution is 2.30. The van der Waals surface area contributed by atoms with Gasteiger partial charge in [-0.05, 0) is 24.3 Å². The van der Waals surface area contributed by atoms with Crippen LogP contribution in [0.5, 0.6) is 23.0 Å². The molecule has 4 aromatic carbocycles. The Balaban J connectivity index is 1.69. The second-order valence-electron chi connectivity index (χ2n) is 9.67. The highest BCUT2D eigenvalue weighted by Gasteiger charge is 2.36. The average molecular weight is 621 g/mol. The molecular formula is C29H24N4O12. The van der Waals surface area contributed by atoms with Gasteiger partial charge in [-0.1, -0.05) is 24.3 Å². The highest BCUT2D eigenvalue weighted by molar-refractivity contribution is 5.40. The van der Waals surface area contributed by atoms with Gasteiger partial charge in [-0.2, -0.15) is 0 Å². The molecule has 45 heavy (non-hydrogen) atoms. The first-order valence-corrected chi connectivity index (χ1v) is 13.0. The lowest BCUT2D eigenvalue weighted by Gasteiger charge is -2.33. The van der Waals surface area contributed by atoms with E-state index in [4.69, 9.17) is 18.9 Å². The molecule has 4 rings (SSSR count). The van der Waals surface area contributed by atoms with E-state index in [0.29, 0.717) is 0 Å². The fraction of sp³-hybridized carbons (Fsp3) is 0.172. The summed E-state index contributed by atoms with van der Waals surface area (Å²) in [6, 6.07) is 21.6. The van der Waals surface area contributed by atoms with Crippen LogP contribution in [0, 0.1) is 45.9 Å². The van der Waals surface area contributed by atoms with Crippen molar-refractivity contribution in [3.8, 4) is 23.0 Å². The van der Waals surface area contributed by atoms with E-state index in [9.17, 15) is 40.5 Å². The van der Waals surface area contributed by atoms with Crippen molar-refractivity contribution in [2.45, 2.75) is 0 Å². The molecular weight excluding hydrogens is 596 g/mol. The Kier molecular flexibility index (Phi) is 10.00. The first-order valence-electron chi connectivity index (χ1n) is 13.0. The van der Waals surface area contributed by atoms with Crippen LogP contribution in [0.1, 0.15) is 0 Å². The number of nitro groups is 4. The maximum absolute atomic E-state index is 11.3. The number of hydrogen-bond donors (Lipinski definition) is 0. The third-order valence-electron chi connectivity index (χ3n) is 6.29. The van der Waals surface area contributed by atoms with Crippen molar-refractivity contribution in [2.75, 3.05) is 26.4 Å². The van der Waals surface area contributed by atoms with Crippen molar-refractivity contribution in [2.24, 2.45) is 5.41 Å². The second kappa shape index (κ2) is 14.2. The average Bonchev–Trinajstić information content (AvgIpc) is 3.04. The van der Waals surface area contributed by atoms with Crippen LogP contribution in [0.2, 0.25) is 0 Å². The molecule has 16 nitrogen and oxygen atoms in total. The summed E-state index contributed by atoms with van der Waals surface area (Å²) in [6.07, 6.45) is 0. The largest absolute Gasteiger partial charge is 0.492 e. The van der Waals surface area contributed by atoms with E-state index >= 15 is 0 Å². The number of ether oxygens (including phenoxy) is 4. The zero-order valence-corrected chi connectivity index (χ0v) is 23.3. The standard InChI is InChI=1S/C29H24N4O12/c34-30(35)21-5-1-9-25(13-21)42-17-29(18-43-26-10-2-6-22(14-26)31(36)37,19-44-27-11-3-7-23(15-27)32(38)39)20-45-28-12-4-8-24(16-28)33(40)41/h1-16H,17-20H2. The molecule has 0 saturated heterocycles. The lowest BCUT2D eigenvalue weighted by Crippen LogP contribution is -2.45. The molecule has 0 aliphatic carbocycles. The fourth-order valence-electron chi connectivity index (χ4n) is 3.94. The van der Waals surface area contributed by atoms with Crippen LogP contribution < -0.4 is 18.9 Å². The molecule has 0 aliphatic rings. The maximum atomic E-state index is 11.3. The molecule has 0 fully saturated rings. The molecule has 0 N–H and O–H groups in total. The SMILES string of the molecule is O=[N+]([O-])c1cccc(OCC(COc2cccc([N+](=O)[O-])c2)(COc2cccc([N+](=O)[O-])c2)COc2cccc([N+](=O)[O-])c2)c1. The predicted octanol–water partition coefficient (Wildman–Crippen LogP) is 5.92. The third kappa shape index (κ3) is 8.84. The summed E-state index contributed by atoms with van der Waals surface area (Å²) < 4.78 is 23.8. The van der Waals surface area contributed by atoms with E-state index in [2.05, 4.69) is 0 Å². The Morgan fingerprint density at radius 1 is 0.422 bits per heavy atom. The zero-order chi connectivity index (χ0) is 32.4. The van der Waals surface area contributed by atoms with Crippen molar-refractivity contribution < 1.29 is 38.6 Å². The van der Waals surface area contributed by atoms with Crippen LogP contribution >= 0.6 is 0 Å². The quantitative estimate of drug-likeness (QED) is 0.105. The summed E-state index contributed by atoms with van der Waals surface area (Å²) in [7, 11) is 0. The smallest absolute Gasteiger partial charge is 0.273 e. The Hall–Kier alpha value is -6.32. The molecule has 0 aromatic heterocycles. The summed E-state index contributed by atoms with van der Waals surface area (Å²) in [5, 5.41) is 45.2. The van der Waals surface area contributed by atoms with Crippen molar-refractivity contribution >= 4 is 22.7 Å². The van der Waals surface area contributed by atoms with Gasteiger partial charge >= 0.3 is 0 Å². The van der Waals surface area contributed by atoms with E-state index in [1.54, 1.807) is 0 Å². The molecule has 16 heteroatoms. The summed E-state index contributed by atoms with van der Waals surface area (Å²) in [4.78, 5) is 42.8. The minimum absolute atomic E-state index is 0.120. The first-order chi connectivity index (χ1) is 21.5. The van der Waals surface area contributed by atoms with Gasteiger partial charge < -0.3 is 18.9 Å². The normalized spacial score (nSPS) is 10.8. The van der Waals surface area contributed by atoms with Crippen LogP contribution in [0.3, 0.4) is 0 Å². The molecule has 0 unspecified atom stereocenters. The van der Waals surface area contributed by atoms with Gasteiger partial charge in [0.2, 0.25) is 0 Å². The highest BCUT2D eigenvalue weighted by atomic mass is 16.6. The van der Waals surface area contributed by atoms with Gasteiger partial charge in [0.15, 0.2) is 0 Å². The number of non-ortho nitro benzene ring substituents is 4. The minimum Gasteiger partial charge on any atom is -0.492 e. The van der Waals surface area contributed by atoms with Crippen LogP contribution in [0.25, 0.3) is 0 Å². The topological polar surface area (TPSA) is 209 Å². The summed E-state index contributed by atoms with van der Waals surface area (Å²) in [5.41, 5.74) is -2.23. The van der Waals surface area contributed by atoms with E-state index in [1.807, 2.05) is 0 Å². The minimum atomic E-state index is -1.31. The van der Waals surface area contributed by atoms with Crippen LogP contribution in [0.15, 0.2) is 97.1 Å². The first kappa shape index (κ1) is 31.6. The molecule has 0 saturated carbocycles. The van der Waals surface area contributed by atoms with Crippen molar-refractivity contribution in [1.29, 1.82) is 0 Å². The van der Waals surface area contributed by atoms with E-state index in [-0.39, 0.29) is 72.2 Å². The van der Waals surface area contributed by atoms with Crippen LogP contribution in [-0.2, 0) is 0 Å². The summed E-state index contributed by atoms with van der Waals surface area (Å²) in [6.45, 7) is -1.08. The number of nitro benzene ring substituents is 4. The van der Waals surface area contributed by atoms with Crippen LogP contribution in [-0.4, -0.2) is 46.1 Å². The molecule has 4 aromatic rings. The molecule has 0 spiro atoms. The van der Waals surface area contributed by atoms with Crippen molar-refractivity contribution in [1.82, 2.24) is 0 Å². The Bertz CT molecular complexity index is 1460. The molecule has 0 amide bonds. The van der Waals surface area contributed by atoms with Gasteiger partial charge in [-0.25, -0.2) is 0 Å². The van der Waals surface area contributed by atoms with Crippen molar-refractivity contribution in [3.05, 3.63) is 138 Å². The predicted molar refractivity (Wildman–Crippen MR) is 157 cm³/mol. The molecule has 232 valence electrons. The number of hydrogen-bond acceptors (Lipinski definition) is 12. The van der Waals surface area contributed by atoms with E-state index in [0.717, 1.165) is 0 Å². The number of nitrogens with zero attached hydrogens (tertiary/aromatic N) is 4. The van der Waals surface area contributed by atoms with E-state index in [1.165, 1.54) is 97.1 Å². The van der Waals surface area contributed by atoms with Crippen molar-refractivity contribution in [3.63, 3.8) is 0 Å². The van der Waals surface area contributed by atoms with Gasteiger partial charge in [0.1, 0.15) is 54.8 Å². The molecule has 0 heterocycles. The lowest BCUT2D eigenvalue weighted by atomic mass is 9.92.